The fraction of sp³-hybridized carbons (Fsp3) is 0.405. The SMILES string of the molecule is CCCCOc1nc(C(F)(F)F)ccc1CNC(=O)Cc1ccccn1.O=C(Cc1ccccn1)NCc1ccc(C(F)(F)F)nc1OCC1CCC1. The van der Waals surface area contributed by atoms with Crippen LogP contribution in [0.2, 0.25) is 0 Å². The first-order valence-electron chi connectivity index (χ1n) is 17.0. The van der Waals surface area contributed by atoms with Gasteiger partial charge in [-0.1, -0.05) is 31.9 Å². The van der Waals surface area contributed by atoms with E-state index in [4.69, 9.17) is 9.47 Å². The minimum atomic E-state index is -4.55. The molecular formula is C37H40F6N6O4. The molecule has 1 saturated carbocycles. The fourth-order valence-electron chi connectivity index (χ4n) is 4.79. The highest BCUT2D eigenvalue weighted by Crippen LogP contribution is 2.32. The molecule has 2 amide bonds. The Morgan fingerprint density at radius 3 is 1.60 bits per heavy atom. The molecule has 4 aromatic heterocycles. The van der Waals surface area contributed by atoms with E-state index in [0.717, 1.165) is 37.8 Å². The van der Waals surface area contributed by atoms with Gasteiger partial charge in [0.05, 0.1) is 26.1 Å². The number of amides is 2. The van der Waals surface area contributed by atoms with Gasteiger partial charge in [-0.05, 0) is 73.7 Å². The normalized spacial score (nSPS) is 12.9. The molecule has 0 unspecified atom stereocenters. The predicted molar refractivity (Wildman–Crippen MR) is 181 cm³/mol. The summed E-state index contributed by atoms with van der Waals surface area (Å²) in [5, 5.41) is 5.34. The highest BCUT2D eigenvalue weighted by atomic mass is 19.4. The lowest BCUT2D eigenvalue weighted by Gasteiger charge is -2.25. The number of hydrogen-bond acceptors (Lipinski definition) is 8. The summed E-state index contributed by atoms with van der Waals surface area (Å²) < 4.78 is 88.3. The fourth-order valence-corrected chi connectivity index (χ4v) is 4.79. The minimum Gasteiger partial charge on any atom is -0.477 e. The average Bonchev–Trinajstić information content (AvgIpc) is 3.10. The zero-order valence-corrected chi connectivity index (χ0v) is 29.0. The molecule has 0 radical (unpaired) electrons. The van der Waals surface area contributed by atoms with E-state index in [0.29, 0.717) is 41.5 Å². The van der Waals surface area contributed by atoms with Gasteiger partial charge in [-0.15, -0.1) is 0 Å². The highest BCUT2D eigenvalue weighted by Gasteiger charge is 2.34. The zero-order valence-electron chi connectivity index (χ0n) is 29.0. The van der Waals surface area contributed by atoms with E-state index in [1.54, 1.807) is 48.8 Å². The van der Waals surface area contributed by atoms with Gasteiger partial charge < -0.3 is 20.1 Å². The summed E-state index contributed by atoms with van der Waals surface area (Å²) in [7, 11) is 0. The molecule has 0 atom stereocenters. The highest BCUT2D eigenvalue weighted by molar-refractivity contribution is 5.78. The van der Waals surface area contributed by atoms with Crippen molar-refractivity contribution in [3.05, 3.63) is 107 Å². The molecule has 1 aliphatic carbocycles. The molecule has 4 aromatic rings. The number of aromatic nitrogens is 4. The molecule has 4 heterocycles. The molecule has 0 spiro atoms. The Bertz CT molecular complexity index is 1760. The van der Waals surface area contributed by atoms with E-state index in [1.165, 1.54) is 12.1 Å². The van der Waals surface area contributed by atoms with E-state index in [-0.39, 0.29) is 56.1 Å². The lowest BCUT2D eigenvalue weighted by molar-refractivity contribution is -0.142. The largest absolute Gasteiger partial charge is 0.477 e. The first kappa shape index (κ1) is 40.5. The van der Waals surface area contributed by atoms with Gasteiger partial charge in [0, 0.05) is 48.0 Å². The Labute approximate surface area is 302 Å². The third-order valence-electron chi connectivity index (χ3n) is 7.96. The number of hydrogen-bond donors (Lipinski definition) is 2. The monoisotopic (exact) mass is 746 g/mol. The van der Waals surface area contributed by atoms with Crippen molar-refractivity contribution in [1.82, 2.24) is 30.6 Å². The van der Waals surface area contributed by atoms with E-state index >= 15 is 0 Å². The second-order valence-corrected chi connectivity index (χ2v) is 12.2. The summed E-state index contributed by atoms with van der Waals surface area (Å²) in [6, 6.07) is 14.9. The van der Waals surface area contributed by atoms with Crippen LogP contribution in [0.5, 0.6) is 11.8 Å². The standard InChI is InChI=1S/C19H20F3N3O2.C18H20F3N3O2/c20-19(21,22)16-8-7-14(18(25-16)27-12-13-4-3-5-13)11-24-17(26)10-15-6-1-2-9-23-15;1-2-3-10-26-17-13(7-8-15(24-17)18(19,20)21)12-23-16(25)11-14-6-4-5-9-22-14/h1-2,6-9,13H,3-5,10-12H2,(H,24,26);4-9H,2-3,10-12H2,1H3,(H,23,25). The molecule has 0 saturated heterocycles. The number of rotatable bonds is 15. The number of nitrogens with zero attached hydrogens (tertiary/aromatic N) is 4. The van der Waals surface area contributed by atoms with Gasteiger partial charge in [0.25, 0.3) is 0 Å². The van der Waals surface area contributed by atoms with Crippen LogP contribution in [0.4, 0.5) is 26.3 Å². The molecule has 1 aliphatic rings. The molecule has 53 heavy (non-hydrogen) atoms. The van der Waals surface area contributed by atoms with Crippen LogP contribution in [0.15, 0.2) is 73.1 Å². The molecule has 5 rings (SSSR count). The number of carbonyl (C=O) groups excluding carboxylic acids is 2. The van der Waals surface area contributed by atoms with Crippen molar-refractivity contribution in [3.63, 3.8) is 0 Å². The van der Waals surface area contributed by atoms with Crippen LogP contribution in [0.25, 0.3) is 0 Å². The Hall–Kier alpha value is -5.28. The molecule has 2 N–H and O–H groups in total. The van der Waals surface area contributed by atoms with Gasteiger partial charge in [-0.3, -0.25) is 19.6 Å². The summed E-state index contributed by atoms with van der Waals surface area (Å²) in [5.41, 5.74) is -0.000588. The Morgan fingerprint density at radius 1 is 0.717 bits per heavy atom. The van der Waals surface area contributed by atoms with Crippen molar-refractivity contribution < 1.29 is 45.4 Å². The minimum absolute atomic E-state index is 0.0261. The molecule has 10 nitrogen and oxygen atoms in total. The van der Waals surface area contributed by atoms with E-state index in [1.807, 2.05) is 6.92 Å². The molecular weight excluding hydrogens is 706 g/mol. The molecule has 1 fully saturated rings. The number of halogens is 6. The molecule has 284 valence electrons. The van der Waals surface area contributed by atoms with Crippen LogP contribution < -0.4 is 20.1 Å². The first-order chi connectivity index (χ1) is 25.3. The second kappa shape index (κ2) is 19.5. The summed E-state index contributed by atoms with van der Waals surface area (Å²) in [5.74, 6) is -0.393. The van der Waals surface area contributed by atoms with Crippen molar-refractivity contribution in [2.75, 3.05) is 13.2 Å². The number of unbranched alkanes of at least 4 members (excludes halogenated alkanes) is 1. The maximum absolute atomic E-state index is 12.9. The van der Waals surface area contributed by atoms with Gasteiger partial charge in [-0.25, -0.2) is 9.97 Å². The lowest BCUT2D eigenvalue weighted by atomic mass is 9.86. The molecule has 0 aromatic carbocycles. The summed E-state index contributed by atoms with van der Waals surface area (Å²) >= 11 is 0. The van der Waals surface area contributed by atoms with E-state index in [2.05, 4.69) is 30.6 Å². The van der Waals surface area contributed by atoms with Crippen LogP contribution in [0.1, 0.15) is 72.9 Å². The quantitative estimate of drug-likeness (QED) is 0.0978. The van der Waals surface area contributed by atoms with Crippen LogP contribution in [-0.2, 0) is 47.9 Å². The second-order valence-electron chi connectivity index (χ2n) is 12.2. The first-order valence-corrected chi connectivity index (χ1v) is 17.0. The smallest absolute Gasteiger partial charge is 0.433 e. The summed E-state index contributed by atoms with van der Waals surface area (Å²) in [4.78, 5) is 39.4. The number of ether oxygens (including phenoxy) is 2. The van der Waals surface area contributed by atoms with Crippen molar-refractivity contribution in [2.24, 2.45) is 5.92 Å². The molecule has 16 heteroatoms. The third-order valence-corrected chi connectivity index (χ3v) is 7.96. The Kier molecular flexibility index (Phi) is 14.9. The number of alkyl halides is 6. The van der Waals surface area contributed by atoms with Crippen LogP contribution in [0.3, 0.4) is 0 Å². The average molecular weight is 747 g/mol. The Balaban J connectivity index is 0.000000237. The summed E-state index contributed by atoms with van der Waals surface area (Å²) in [6.07, 6.45) is -1.08. The maximum Gasteiger partial charge on any atom is 0.433 e. The Morgan fingerprint density at radius 2 is 1.21 bits per heavy atom. The van der Waals surface area contributed by atoms with E-state index in [9.17, 15) is 35.9 Å². The summed E-state index contributed by atoms with van der Waals surface area (Å²) in [6.45, 7) is 2.61. The van der Waals surface area contributed by atoms with Gasteiger partial charge in [-0.2, -0.15) is 26.3 Å². The lowest BCUT2D eigenvalue weighted by Crippen LogP contribution is -2.26. The van der Waals surface area contributed by atoms with Crippen LogP contribution >= 0.6 is 0 Å². The van der Waals surface area contributed by atoms with Gasteiger partial charge in [0.2, 0.25) is 23.6 Å². The van der Waals surface area contributed by atoms with Crippen LogP contribution in [0, 0.1) is 5.92 Å². The topological polar surface area (TPSA) is 128 Å². The van der Waals surface area contributed by atoms with Crippen molar-refractivity contribution >= 4 is 11.8 Å². The predicted octanol–water partition coefficient (Wildman–Crippen LogP) is 7.07. The van der Waals surface area contributed by atoms with Gasteiger partial charge >= 0.3 is 12.4 Å². The maximum atomic E-state index is 12.9. The van der Waals surface area contributed by atoms with E-state index < -0.39 is 23.7 Å². The van der Waals surface area contributed by atoms with Gasteiger partial charge in [0.15, 0.2) is 0 Å². The third kappa shape index (κ3) is 13.7. The van der Waals surface area contributed by atoms with Crippen LogP contribution in [-0.4, -0.2) is 45.0 Å². The van der Waals surface area contributed by atoms with Crippen molar-refractivity contribution in [2.45, 2.75) is 77.3 Å². The number of pyridine rings is 4. The number of carbonyl (C=O) groups is 2. The van der Waals surface area contributed by atoms with Gasteiger partial charge in [0.1, 0.15) is 11.4 Å². The van der Waals surface area contributed by atoms with Crippen molar-refractivity contribution in [1.29, 1.82) is 0 Å². The molecule has 0 bridgehead atoms. The zero-order chi connectivity index (χ0) is 38.3. The van der Waals surface area contributed by atoms with Crippen molar-refractivity contribution in [3.8, 4) is 11.8 Å². The molecule has 0 aliphatic heterocycles. The number of nitrogens with one attached hydrogen (secondary N) is 2.